The average Bonchev–Trinajstić information content (AvgIpc) is 2.82. The van der Waals surface area contributed by atoms with Crippen LogP contribution >= 0.6 is 23.2 Å². The van der Waals surface area contributed by atoms with Crippen LogP contribution in [0.15, 0.2) is 42.5 Å². The number of nitrogens with zero attached hydrogens (tertiary/aromatic N) is 3. The topological polar surface area (TPSA) is 90.0 Å². The van der Waals surface area contributed by atoms with Gasteiger partial charge in [-0.2, -0.15) is 12.7 Å². The first-order valence-corrected chi connectivity index (χ1v) is 13.4. The molecule has 198 valence electrons. The van der Waals surface area contributed by atoms with Crippen molar-refractivity contribution in [3.8, 4) is 0 Å². The molecule has 0 aromatic heterocycles. The van der Waals surface area contributed by atoms with Gasteiger partial charge in [-0.1, -0.05) is 36.2 Å². The van der Waals surface area contributed by atoms with Crippen molar-refractivity contribution in [2.45, 2.75) is 45.8 Å². The lowest BCUT2D eigenvalue weighted by Crippen LogP contribution is -2.53. The Bertz CT molecular complexity index is 1160. The van der Waals surface area contributed by atoms with Crippen molar-refractivity contribution in [1.29, 1.82) is 0 Å². The van der Waals surface area contributed by atoms with Gasteiger partial charge in [0.15, 0.2) is 0 Å². The van der Waals surface area contributed by atoms with Gasteiger partial charge < -0.3 is 10.2 Å². The molecular formula is C24H31Cl2FN4O4S. The van der Waals surface area contributed by atoms with Crippen LogP contribution in [0.2, 0.25) is 10.0 Å². The van der Waals surface area contributed by atoms with E-state index in [0.29, 0.717) is 22.0 Å². The van der Waals surface area contributed by atoms with Crippen LogP contribution in [0.25, 0.3) is 0 Å². The minimum Gasteiger partial charge on any atom is -0.352 e. The number of nitrogens with one attached hydrogen (secondary N) is 1. The number of carbonyl (C=O) groups is 2. The highest BCUT2D eigenvalue weighted by Gasteiger charge is 2.33. The molecule has 0 aliphatic heterocycles. The predicted octanol–water partition coefficient (Wildman–Crippen LogP) is 4.08. The standard InChI is InChI=1S/C24H31Cl2FN4O4S/c1-6-16(2)28-24(33)17(3)30(14-20-21(25)8-7-9-22(20)26)23(32)15-31(36(34,35)29(4)5)19-12-10-18(27)11-13-19/h7-13,16-17H,6,14-15H2,1-5H3,(H,28,33). The Morgan fingerprint density at radius 2 is 1.58 bits per heavy atom. The molecule has 0 fully saturated rings. The third-order valence-electron chi connectivity index (χ3n) is 5.69. The molecule has 36 heavy (non-hydrogen) atoms. The number of benzene rings is 2. The van der Waals surface area contributed by atoms with Crippen LogP contribution in [-0.4, -0.2) is 62.2 Å². The first kappa shape index (κ1) is 29.8. The smallest absolute Gasteiger partial charge is 0.304 e. The highest BCUT2D eigenvalue weighted by atomic mass is 35.5. The highest BCUT2D eigenvalue weighted by molar-refractivity contribution is 7.90. The highest BCUT2D eigenvalue weighted by Crippen LogP contribution is 2.27. The zero-order valence-corrected chi connectivity index (χ0v) is 23.2. The van der Waals surface area contributed by atoms with Crippen molar-refractivity contribution in [1.82, 2.24) is 14.5 Å². The summed E-state index contributed by atoms with van der Waals surface area (Å²) in [5.41, 5.74) is 0.507. The molecule has 12 heteroatoms. The molecule has 0 saturated carbocycles. The van der Waals surface area contributed by atoms with Gasteiger partial charge in [0.05, 0.1) is 5.69 Å². The average molecular weight is 562 g/mol. The van der Waals surface area contributed by atoms with Gasteiger partial charge in [-0.25, -0.2) is 8.70 Å². The van der Waals surface area contributed by atoms with Crippen molar-refractivity contribution in [2.75, 3.05) is 24.9 Å². The summed E-state index contributed by atoms with van der Waals surface area (Å²) in [6.07, 6.45) is 0.683. The Hall–Kier alpha value is -2.40. The molecule has 0 bridgehead atoms. The summed E-state index contributed by atoms with van der Waals surface area (Å²) in [7, 11) is -1.51. The van der Waals surface area contributed by atoms with Crippen LogP contribution in [0.3, 0.4) is 0 Å². The van der Waals surface area contributed by atoms with Gasteiger partial charge in [-0.3, -0.25) is 9.59 Å². The van der Waals surface area contributed by atoms with Crippen molar-refractivity contribution < 1.29 is 22.4 Å². The maximum absolute atomic E-state index is 13.7. The Kier molecular flexibility index (Phi) is 10.5. The monoisotopic (exact) mass is 560 g/mol. The number of hydrogen-bond acceptors (Lipinski definition) is 4. The van der Waals surface area contributed by atoms with E-state index in [1.165, 1.54) is 31.1 Å². The summed E-state index contributed by atoms with van der Waals surface area (Å²) < 4.78 is 41.5. The summed E-state index contributed by atoms with van der Waals surface area (Å²) in [4.78, 5) is 27.8. The lowest BCUT2D eigenvalue weighted by Gasteiger charge is -2.33. The number of halogens is 3. The normalized spacial score (nSPS) is 13.2. The maximum Gasteiger partial charge on any atom is 0.304 e. The zero-order chi connectivity index (χ0) is 27.2. The summed E-state index contributed by atoms with van der Waals surface area (Å²) in [6.45, 7) is 4.51. The van der Waals surface area contributed by atoms with Gasteiger partial charge in [0, 0.05) is 42.3 Å². The fraction of sp³-hybridized carbons (Fsp3) is 0.417. The van der Waals surface area contributed by atoms with Crippen molar-refractivity contribution in [2.24, 2.45) is 0 Å². The quantitative estimate of drug-likeness (QED) is 0.448. The van der Waals surface area contributed by atoms with E-state index in [1.54, 1.807) is 25.1 Å². The van der Waals surface area contributed by atoms with Crippen molar-refractivity contribution >= 4 is 50.9 Å². The molecule has 0 aliphatic rings. The van der Waals surface area contributed by atoms with Gasteiger partial charge >= 0.3 is 10.2 Å². The first-order valence-electron chi connectivity index (χ1n) is 11.3. The first-order chi connectivity index (χ1) is 16.8. The molecule has 2 unspecified atom stereocenters. The number of rotatable bonds is 11. The van der Waals surface area contributed by atoms with E-state index < -0.39 is 40.4 Å². The van der Waals surface area contributed by atoms with Gasteiger partial charge in [-0.05, 0) is 56.7 Å². The lowest BCUT2D eigenvalue weighted by atomic mass is 10.1. The van der Waals surface area contributed by atoms with Crippen molar-refractivity contribution in [3.05, 3.63) is 63.9 Å². The van der Waals surface area contributed by atoms with E-state index >= 15 is 0 Å². The van der Waals surface area contributed by atoms with Gasteiger partial charge in [0.2, 0.25) is 11.8 Å². The van der Waals surface area contributed by atoms with E-state index in [9.17, 15) is 22.4 Å². The van der Waals surface area contributed by atoms with E-state index in [1.807, 2.05) is 13.8 Å². The van der Waals surface area contributed by atoms with Gasteiger partial charge in [0.25, 0.3) is 0 Å². The predicted molar refractivity (Wildman–Crippen MR) is 141 cm³/mol. The largest absolute Gasteiger partial charge is 0.352 e. The molecule has 2 amide bonds. The minimum absolute atomic E-state index is 0.0888. The molecule has 0 heterocycles. The second-order valence-electron chi connectivity index (χ2n) is 8.49. The van der Waals surface area contributed by atoms with Crippen LogP contribution in [0.1, 0.15) is 32.8 Å². The molecule has 0 radical (unpaired) electrons. The zero-order valence-electron chi connectivity index (χ0n) is 20.8. The molecule has 2 aromatic carbocycles. The van der Waals surface area contributed by atoms with Crippen LogP contribution < -0.4 is 9.62 Å². The van der Waals surface area contributed by atoms with Gasteiger partial charge in [0.1, 0.15) is 18.4 Å². The Balaban J connectivity index is 2.50. The van der Waals surface area contributed by atoms with Crippen LogP contribution in [0, 0.1) is 5.82 Å². The summed E-state index contributed by atoms with van der Waals surface area (Å²) >= 11 is 12.7. The number of hydrogen-bond donors (Lipinski definition) is 1. The Morgan fingerprint density at radius 1 is 1.03 bits per heavy atom. The number of amides is 2. The fourth-order valence-electron chi connectivity index (χ4n) is 3.23. The van der Waals surface area contributed by atoms with Crippen LogP contribution in [-0.2, 0) is 26.3 Å². The van der Waals surface area contributed by atoms with Crippen molar-refractivity contribution in [3.63, 3.8) is 0 Å². The van der Waals surface area contributed by atoms with Gasteiger partial charge in [-0.15, -0.1) is 0 Å². The molecule has 2 aromatic rings. The molecule has 0 saturated heterocycles. The Morgan fingerprint density at radius 3 is 2.08 bits per heavy atom. The van der Waals surface area contributed by atoms with Crippen LogP contribution in [0.4, 0.5) is 10.1 Å². The fourth-order valence-corrected chi connectivity index (χ4v) is 4.80. The SMILES string of the molecule is CCC(C)NC(=O)C(C)N(Cc1c(Cl)cccc1Cl)C(=O)CN(c1ccc(F)cc1)S(=O)(=O)N(C)C. The lowest BCUT2D eigenvalue weighted by molar-refractivity contribution is -0.139. The molecule has 2 rings (SSSR count). The number of anilines is 1. The second-order valence-corrected chi connectivity index (χ2v) is 11.4. The summed E-state index contributed by atoms with van der Waals surface area (Å²) in [5, 5.41) is 3.43. The molecule has 0 aliphatic carbocycles. The summed E-state index contributed by atoms with van der Waals surface area (Å²) in [5.74, 6) is -1.64. The third kappa shape index (κ3) is 7.32. The second kappa shape index (κ2) is 12.7. The number of carbonyl (C=O) groups excluding carboxylic acids is 2. The van der Waals surface area contributed by atoms with E-state index in [0.717, 1.165) is 20.7 Å². The molecular weight excluding hydrogens is 530 g/mol. The van der Waals surface area contributed by atoms with E-state index in [4.69, 9.17) is 23.2 Å². The molecule has 8 nitrogen and oxygen atoms in total. The molecule has 2 atom stereocenters. The Labute approximate surface area is 222 Å². The molecule has 0 spiro atoms. The third-order valence-corrected chi connectivity index (χ3v) is 8.22. The molecule has 1 N–H and O–H groups in total. The maximum atomic E-state index is 13.7. The van der Waals surface area contributed by atoms with E-state index in [-0.39, 0.29) is 18.3 Å². The summed E-state index contributed by atoms with van der Waals surface area (Å²) in [6, 6.07) is 8.48. The van der Waals surface area contributed by atoms with Crippen LogP contribution in [0.5, 0.6) is 0 Å². The minimum atomic E-state index is -4.15. The van der Waals surface area contributed by atoms with E-state index in [2.05, 4.69) is 5.32 Å².